The van der Waals surface area contributed by atoms with Crippen LogP contribution >= 0.6 is 11.3 Å². The summed E-state index contributed by atoms with van der Waals surface area (Å²) in [6.45, 7) is 0.540. The Hall–Kier alpha value is -1.59. The summed E-state index contributed by atoms with van der Waals surface area (Å²) in [5, 5.41) is 2.97. The molecule has 1 heterocycles. The van der Waals surface area contributed by atoms with Crippen LogP contribution in [0.15, 0.2) is 23.6 Å². The van der Waals surface area contributed by atoms with Crippen molar-refractivity contribution in [1.82, 2.24) is 4.98 Å². The van der Waals surface area contributed by atoms with Crippen molar-refractivity contribution in [3.63, 3.8) is 0 Å². The molecule has 1 aromatic heterocycles. The van der Waals surface area contributed by atoms with Gasteiger partial charge in [0, 0.05) is 18.1 Å². The second-order valence-electron chi connectivity index (χ2n) is 3.63. The first-order valence-electron chi connectivity index (χ1n) is 5.44. The van der Waals surface area contributed by atoms with Crippen molar-refractivity contribution in [2.45, 2.75) is 6.61 Å². The van der Waals surface area contributed by atoms with Gasteiger partial charge >= 0.3 is 0 Å². The van der Waals surface area contributed by atoms with Gasteiger partial charge in [0.15, 0.2) is 11.5 Å². The van der Waals surface area contributed by atoms with Gasteiger partial charge in [0.25, 0.3) is 0 Å². The fourth-order valence-corrected chi connectivity index (χ4v) is 2.40. The van der Waals surface area contributed by atoms with Gasteiger partial charge in [0.05, 0.1) is 26.5 Å². The van der Waals surface area contributed by atoms with Gasteiger partial charge in [-0.3, -0.25) is 0 Å². The number of benzene rings is 1. The molecule has 0 N–H and O–H groups in total. The lowest BCUT2D eigenvalue weighted by Gasteiger charge is -2.08. The summed E-state index contributed by atoms with van der Waals surface area (Å²) in [6, 6.07) is 5.76. The maximum atomic E-state index is 5.28. The molecule has 0 spiro atoms. The highest BCUT2D eigenvalue weighted by Gasteiger charge is 2.09. The van der Waals surface area contributed by atoms with E-state index < -0.39 is 0 Å². The Balaban J connectivity index is 2.31. The maximum absolute atomic E-state index is 5.28. The molecule has 0 saturated carbocycles. The predicted octanol–water partition coefficient (Wildman–Crippen LogP) is 2.97. The van der Waals surface area contributed by atoms with E-state index in [2.05, 4.69) is 4.98 Å². The molecule has 96 valence electrons. The van der Waals surface area contributed by atoms with Gasteiger partial charge in [-0.1, -0.05) is 0 Å². The molecule has 0 fully saturated rings. The lowest BCUT2D eigenvalue weighted by atomic mass is 10.1. The summed E-state index contributed by atoms with van der Waals surface area (Å²) in [5.74, 6) is 1.42. The van der Waals surface area contributed by atoms with Crippen LogP contribution in [0.25, 0.3) is 11.3 Å². The minimum absolute atomic E-state index is 0.540. The molecule has 0 aliphatic heterocycles. The quantitative estimate of drug-likeness (QED) is 0.833. The topological polar surface area (TPSA) is 40.6 Å². The number of aromatic nitrogens is 1. The summed E-state index contributed by atoms with van der Waals surface area (Å²) in [6.07, 6.45) is 0. The monoisotopic (exact) mass is 265 g/mol. The number of hydrogen-bond acceptors (Lipinski definition) is 5. The third-order valence-electron chi connectivity index (χ3n) is 2.50. The highest BCUT2D eigenvalue weighted by Crippen LogP contribution is 2.32. The number of nitrogens with zero attached hydrogens (tertiary/aromatic N) is 1. The Kier molecular flexibility index (Phi) is 4.17. The second-order valence-corrected chi connectivity index (χ2v) is 4.57. The summed E-state index contributed by atoms with van der Waals surface area (Å²) in [4.78, 5) is 4.50. The van der Waals surface area contributed by atoms with Crippen LogP contribution in [0.3, 0.4) is 0 Å². The number of ether oxygens (including phenoxy) is 3. The fourth-order valence-electron chi connectivity index (χ4n) is 1.63. The molecule has 0 unspecified atom stereocenters. The summed E-state index contributed by atoms with van der Waals surface area (Å²) >= 11 is 1.58. The normalized spacial score (nSPS) is 10.4. The van der Waals surface area contributed by atoms with Gasteiger partial charge < -0.3 is 14.2 Å². The summed E-state index contributed by atoms with van der Waals surface area (Å²) in [7, 11) is 4.91. The first-order chi connectivity index (χ1) is 8.78. The van der Waals surface area contributed by atoms with Crippen LogP contribution in [0.1, 0.15) is 5.01 Å². The molecule has 0 amide bonds. The van der Waals surface area contributed by atoms with E-state index in [1.54, 1.807) is 32.7 Å². The van der Waals surface area contributed by atoms with Gasteiger partial charge in [-0.15, -0.1) is 11.3 Å². The molecule has 5 heteroatoms. The number of rotatable bonds is 5. The van der Waals surface area contributed by atoms with Crippen LogP contribution < -0.4 is 9.47 Å². The summed E-state index contributed by atoms with van der Waals surface area (Å²) in [5.41, 5.74) is 1.93. The van der Waals surface area contributed by atoms with E-state index in [1.165, 1.54) is 0 Å². The molecule has 2 aromatic rings. The van der Waals surface area contributed by atoms with Crippen molar-refractivity contribution in [3.05, 3.63) is 28.6 Å². The van der Waals surface area contributed by atoms with Crippen molar-refractivity contribution >= 4 is 11.3 Å². The smallest absolute Gasteiger partial charge is 0.161 e. The Morgan fingerprint density at radius 1 is 1.11 bits per heavy atom. The van der Waals surface area contributed by atoms with Crippen LogP contribution in [0.2, 0.25) is 0 Å². The molecule has 0 aliphatic carbocycles. The van der Waals surface area contributed by atoms with E-state index >= 15 is 0 Å². The molecule has 0 radical (unpaired) electrons. The Bertz CT molecular complexity index is 525. The maximum Gasteiger partial charge on any atom is 0.161 e. The minimum Gasteiger partial charge on any atom is -0.493 e. The van der Waals surface area contributed by atoms with Gasteiger partial charge in [-0.25, -0.2) is 4.98 Å². The van der Waals surface area contributed by atoms with Gasteiger partial charge in [0.1, 0.15) is 5.01 Å². The lowest BCUT2D eigenvalue weighted by Crippen LogP contribution is -1.91. The predicted molar refractivity (Wildman–Crippen MR) is 71.4 cm³/mol. The Morgan fingerprint density at radius 2 is 1.89 bits per heavy atom. The molecule has 1 aromatic carbocycles. The van der Waals surface area contributed by atoms with Crippen LogP contribution in [-0.2, 0) is 11.3 Å². The van der Waals surface area contributed by atoms with Crippen molar-refractivity contribution in [2.24, 2.45) is 0 Å². The lowest BCUT2D eigenvalue weighted by molar-refractivity contribution is 0.184. The zero-order chi connectivity index (χ0) is 13.0. The molecule has 4 nitrogen and oxygen atoms in total. The zero-order valence-electron chi connectivity index (χ0n) is 10.6. The molecular formula is C13H15NO3S. The zero-order valence-corrected chi connectivity index (χ0v) is 11.4. The Labute approximate surface area is 110 Å². The van der Waals surface area contributed by atoms with Crippen LogP contribution in [0.4, 0.5) is 0 Å². The SMILES string of the molecule is COCc1nc(-c2ccc(OC)c(OC)c2)cs1. The number of hydrogen-bond donors (Lipinski definition) is 0. The molecule has 0 bridgehead atoms. The highest BCUT2D eigenvalue weighted by atomic mass is 32.1. The van der Waals surface area contributed by atoms with Crippen molar-refractivity contribution < 1.29 is 14.2 Å². The van der Waals surface area contributed by atoms with Crippen molar-refractivity contribution in [1.29, 1.82) is 0 Å². The van der Waals surface area contributed by atoms with Gasteiger partial charge in [-0.2, -0.15) is 0 Å². The first kappa shape index (κ1) is 12.9. The third-order valence-corrected chi connectivity index (χ3v) is 3.32. The second kappa shape index (κ2) is 5.84. The minimum atomic E-state index is 0.540. The van der Waals surface area contributed by atoms with Gasteiger partial charge in [0.2, 0.25) is 0 Å². The van der Waals surface area contributed by atoms with E-state index in [-0.39, 0.29) is 0 Å². The van der Waals surface area contributed by atoms with Crippen molar-refractivity contribution in [2.75, 3.05) is 21.3 Å². The van der Waals surface area contributed by atoms with Gasteiger partial charge in [-0.05, 0) is 18.2 Å². The number of thiazole rings is 1. The van der Waals surface area contributed by atoms with Crippen LogP contribution in [0, 0.1) is 0 Å². The molecule has 0 atom stereocenters. The molecule has 0 saturated heterocycles. The van der Waals surface area contributed by atoms with Crippen molar-refractivity contribution in [3.8, 4) is 22.8 Å². The molecule has 2 rings (SSSR count). The summed E-state index contributed by atoms with van der Waals surface area (Å²) < 4.78 is 15.5. The number of methoxy groups -OCH3 is 3. The average Bonchev–Trinajstić information content (AvgIpc) is 2.87. The van der Waals surface area contributed by atoms with Crippen LogP contribution in [-0.4, -0.2) is 26.3 Å². The van der Waals surface area contributed by atoms with E-state index in [4.69, 9.17) is 14.2 Å². The van der Waals surface area contributed by atoms with Crippen LogP contribution in [0.5, 0.6) is 11.5 Å². The van der Waals surface area contributed by atoms with E-state index in [0.717, 1.165) is 16.3 Å². The standard InChI is InChI=1S/C13H15NO3S/c1-15-7-13-14-10(8-18-13)9-4-5-11(16-2)12(6-9)17-3/h4-6,8H,7H2,1-3H3. The van der Waals surface area contributed by atoms with E-state index in [1.807, 2.05) is 23.6 Å². The third kappa shape index (κ3) is 2.63. The van der Waals surface area contributed by atoms with E-state index in [0.29, 0.717) is 18.1 Å². The molecule has 0 aliphatic rings. The fraction of sp³-hybridized carbons (Fsp3) is 0.308. The van der Waals surface area contributed by atoms with E-state index in [9.17, 15) is 0 Å². The average molecular weight is 265 g/mol. The molecule has 18 heavy (non-hydrogen) atoms. The molecular weight excluding hydrogens is 250 g/mol. The first-order valence-corrected chi connectivity index (χ1v) is 6.32. The Morgan fingerprint density at radius 3 is 2.56 bits per heavy atom. The highest BCUT2D eigenvalue weighted by molar-refractivity contribution is 7.09. The largest absolute Gasteiger partial charge is 0.493 e.